The van der Waals surface area contributed by atoms with Crippen LogP contribution in [0.25, 0.3) is 0 Å². The van der Waals surface area contributed by atoms with Crippen LogP contribution in [0, 0.1) is 13.8 Å². The van der Waals surface area contributed by atoms with Crippen molar-refractivity contribution >= 4 is 40.8 Å². The lowest BCUT2D eigenvalue weighted by Gasteiger charge is -2.08. The first-order valence-electron chi connectivity index (χ1n) is 6.85. The van der Waals surface area contributed by atoms with Gasteiger partial charge in [0.05, 0.1) is 15.6 Å². The minimum absolute atomic E-state index is 0.235. The van der Waals surface area contributed by atoms with Crippen LogP contribution in [-0.4, -0.2) is 18.5 Å². The highest BCUT2D eigenvalue weighted by atomic mass is 35.5. The van der Waals surface area contributed by atoms with Crippen molar-refractivity contribution in [2.45, 2.75) is 13.8 Å². The van der Waals surface area contributed by atoms with E-state index < -0.39 is 11.9 Å². The van der Waals surface area contributed by atoms with Crippen molar-refractivity contribution in [3.8, 4) is 0 Å². The Morgan fingerprint density at radius 2 is 1.65 bits per heavy atom. The molecule has 0 bridgehead atoms. The molecule has 23 heavy (non-hydrogen) atoms. The van der Waals surface area contributed by atoms with Gasteiger partial charge >= 0.3 is 5.97 Å². The fraction of sp³-hybridized carbons (Fsp3) is 0.176. The topological polar surface area (TPSA) is 55.4 Å². The Labute approximate surface area is 144 Å². The molecule has 0 aliphatic rings. The number of ether oxygens (including phenoxy) is 1. The summed E-state index contributed by atoms with van der Waals surface area (Å²) in [5.41, 5.74) is 2.97. The van der Waals surface area contributed by atoms with E-state index in [4.69, 9.17) is 27.9 Å². The van der Waals surface area contributed by atoms with E-state index in [-0.39, 0.29) is 17.2 Å². The van der Waals surface area contributed by atoms with Gasteiger partial charge in [-0.2, -0.15) is 0 Å². The predicted octanol–water partition coefficient (Wildman–Crippen LogP) is 4.41. The quantitative estimate of drug-likeness (QED) is 0.830. The minimum atomic E-state index is -0.640. The van der Waals surface area contributed by atoms with E-state index in [0.29, 0.717) is 10.7 Å². The van der Waals surface area contributed by atoms with E-state index in [9.17, 15) is 9.59 Å². The molecule has 120 valence electrons. The van der Waals surface area contributed by atoms with E-state index in [1.807, 2.05) is 32.0 Å². The summed E-state index contributed by atoms with van der Waals surface area (Å²) in [6.45, 7) is 3.49. The van der Waals surface area contributed by atoms with Crippen molar-refractivity contribution in [2.24, 2.45) is 0 Å². The Morgan fingerprint density at radius 1 is 1.00 bits per heavy atom. The average Bonchev–Trinajstić information content (AvgIpc) is 2.46. The summed E-state index contributed by atoms with van der Waals surface area (Å²) in [7, 11) is 0. The molecule has 2 rings (SSSR count). The second-order valence-corrected chi connectivity index (χ2v) is 5.94. The number of hydrogen-bond donors (Lipinski definition) is 1. The molecule has 1 N–H and O–H groups in total. The number of carbonyl (C=O) groups excluding carboxylic acids is 2. The molecule has 0 fully saturated rings. The molecule has 0 heterocycles. The van der Waals surface area contributed by atoms with Gasteiger partial charge in [-0.1, -0.05) is 29.3 Å². The maximum absolute atomic E-state index is 11.9. The standard InChI is InChI=1S/C17H15Cl2NO3/c1-10-5-11(2)7-13(6-10)20-16(21)9-23-17(22)12-3-4-14(18)15(19)8-12/h3-8H,9H2,1-2H3,(H,20,21). The Bertz CT molecular complexity index is 739. The molecule has 4 nitrogen and oxygen atoms in total. The van der Waals surface area contributed by atoms with E-state index in [2.05, 4.69) is 5.32 Å². The lowest BCUT2D eigenvalue weighted by atomic mass is 10.1. The molecule has 0 saturated carbocycles. The molecule has 2 aromatic rings. The summed E-state index contributed by atoms with van der Waals surface area (Å²) in [4.78, 5) is 23.7. The fourth-order valence-corrected chi connectivity index (χ4v) is 2.38. The van der Waals surface area contributed by atoms with Crippen LogP contribution in [0.5, 0.6) is 0 Å². The number of carbonyl (C=O) groups is 2. The van der Waals surface area contributed by atoms with Gasteiger partial charge in [0.2, 0.25) is 0 Å². The van der Waals surface area contributed by atoms with Gasteiger partial charge in [0, 0.05) is 5.69 Å². The molecule has 0 saturated heterocycles. The van der Waals surface area contributed by atoms with Crippen molar-refractivity contribution in [2.75, 3.05) is 11.9 Å². The number of halogens is 2. The number of benzene rings is 2. The van der Waals surface area contributed by atoms with Crippen LogP contribution >= 0.6 is 23.2 Å². The fourth-order valence-electron chi connectivity index (χ4n) is 2.08. The number of esters is 1. The molecule has 1 amide bonds. The summed E-state index contributed by atoms with van der Waals surface area (Å²) in [5, 5.41) is 3.28. The second kappa shape index (κ2) is 7.49. The summed E-state index contributed by atoms with van der Waals surface area (Å²) in [6, 6.07) is 10.1. The van der Waals surface area contributed by atoms with Crippen LogP contribution in [0.3, 0.4) is 0 Å². The molecule has 0 aliphatic carbocycles. The number of rotatable bonds is 4. The van der Waals surface area contributed by atoms with Gasteiger partial charge in [0.15, 0.2) is 6.61 Å². The lowest BCUT2D eigenvalue weighted by Crippen LogP contribution is -2.21. The van der Waals surface area contributed by atoms with Crippen molar-refractivity contribution in [3.63, 3.8) is 0 Å². The number of aryl methyl sites for hydroxylation is 2. The van der Waals surface area contributed by atoms with Crippen LogP contribution < -0.4 is 5.32 Å². The van der Waals surface area contributed by atoms with Gasteiger partial charge < -0.3 is 10.1 Å². The van der Waals surface area contributed by atoms with Gasteiger partial charge in [0.1, 0.15) is 0 Å². The zero-order valence-corrected chi connectivity index (χ0v) is 14.2. The first-order valence-corrected chi connectivity index (χ1v) is 7.61. The molecule has 0 aromatic heterocycles. The average molecular weight is 352 g/mol. The van der Waals surface area contributed by atoms with Crippen LogP contribution in [-0.2, 0) is 9.53 Å². The number of amides is 1. The van der Waals surface area contributed by atoms with Crippen LogP contribution in [0.1, 0.15) is 21.5 Å². The molecular formula is C17H15Cl2NO3. The summed E-state index contributed by atoms with van der Waals surface area (Å²) >= 11 is 11.6. The molecule has 0 atom stereocenters. The predicted molar refractivity (Wildman–Crippen MR) is 91.3 cm³/mol. The van der Waals surface area contributed by atoms with Gasteiger partial charge in [-0.25, -0.2) is 4.79 Å². The third kappa shape index (κ3) is 4.98. The minimum Gasteiger partial charge on any atom is -0.452 e. The number of nitrogens with one attached hydrogen (secondary N) is 1. The van der Waals surface area contributed by atoms with Crippen LogP contribution in [0.15, 0.2) is 36.4 Å². The molecule has 2 aromatic carbocycles. The third-order valence-corrected chi connectivity index (χ3v) is 3.73. The van der Waals surface area contributed by atoms with Gasteiger partial charge in [-0.15, -0.1) is 0 Å². The maximum Gasteiger partial charge on any atom is 0.338 e. The molecule has 0 aliphatic heterocycles. The van der Waals surface area contributed by atoms with Crippen LogP contribution in [0.2, 0.25) is 10.0 Å². The first kappa shape index (κ1) is 17.3. The molecule has 0 spiro atoms. The zero-order chi connectivity index (χ0) is 17.0. The SMILES string of the molecule is Cc1cc(C)cc(NC(=O)COC(=O)c2ccc(Cl)c(Cl)c2)c1. The molecule has 0 radical (unpaired) electrons. The smallest absolute Gasteiger partial charge is 0.338 e. The van der Waals surface area contributed by atoms with Gasteiger partial charge in [-0.05, 0) is 55.3 Å². The molecule has 6 heteroatoms. The Balaban J connectivity index is 1.93. The van der Waals surface area contributed by atoms with E-state index >= 15 is 0 Å². The molecule has 0 unspecified atom stereocenters. The van der Waals surface area contributed by atoms with Crippen LogP contribution in [0.4, 0.5) is 5.69 Å². The van der Waals surface area contributed by atoms with E-state index in [1.165, 1.54) is 18.2 Å². The Hall–Kier alpha value is -2.04. The van der Waals surface area contributed by atoms with Crippen molar-refractivity contribution < 1.29 is 14.3 Å². The van der Waals surface area contributed by atoms with E-state index in [0.717, 1.165) is 11.1 Å². The molecular weight excluding hydrogens is 337 g/mol. The highest BCUT2D eigenvalue weighted by Crippen LogP contribution is 2.23. The highest BCUT2D eigenvalue weighted by Gasteiger charge is 2.12. The number of hydrogen-bond acceptors (Lipinski definition) is 3. The van der Waals surface area contributed by atoms with Crippen molar-refractivity contribution in [1.82, 2.24) is 0 Å². The second-order valence-electron chi connectivity index (χ2n) is 5.13. The number of anilines is 1. The Kier molecular flexibility index (Phi) is 5.64. The van der Waals surface area contributed by atoms with Gasteiger partial charge in [0.25, 0.3) is 5.91 Å². The zero-order valence-electron chi connectivity index (χ0n) is 12.7. The summed E-state index contributed by atoms with van der Waals surface area (Å²) < 4.78 is 4.96. The Morgan fingerprint density at radius 3 is 2.26 bits per heavy atom. The summed E-state index contributed by atoms with van der Waals surface area (Å²) in [6.07, 6.45) is 0. The summed E-state index contributed by atoms with van der Waals surface area (Å²) in [5.74, 6) is -1.05. The normalized spacial score (nSPS) is 10.3. The van der Waals surface area contributed by atoms with Gasteiger partial charge in [-0.3, -0.25) is 4.79 Å². The lowest BCUT2D eigenvalue weighted by molar-refractivity contribution is -0.119. The van der Waals surface area contributed by atoms with Crippen molar-refractivity contribution in [3.05, 3.63) is 63.1 Å². The largest absolute Gasteiger partial charge is 0.452 e. The third-order valence-electron chi connectivity index (χ3n) is 3.00. The van der Waals surface area contributed by atoms with Crippen molar-refractivity contribution in [1.29, 1.82) is 0 Å². The van der Waals surface area contributed by atoms with E-state index in [1.54, 1.807) is 0 Å². The maximum atomic E-state index is 11.9. The first-order chi connectivity index (χ1) is 10.8. The highest BCUT2D eigenvalue weighted by molar-refractivity contribution is 6.42. The monoisotopic (exact) mass is 351 g/mol.